The van der Waals surface area contributed by atoms with Gasteiger partial charge in [0.25, 0.3) is 5.56 Å². The highest BCUT2D eigenvalue weighted by atomic mass is 16.2. The van der Waals surface area contributed by atoms with E-state index >= 15 is 0 Å². The van der Waals surface area contributed by atoms with Gasteiger partial charge in [0.15, 0.2) is 11.2 Å². The zero-order valence-corrected chi connectivity index (χ0v) is 14.8. The van der Waals surface area contributed by atoms with E-state index in [2.05, 4.69) is 15.3 Å². The lowest BCUT2D eigenvalue weighted by Gasteiger charge is -2.10. The first kappa shape index (κ1) is 16.8. The molecule has 0 aliphatic rings. The Hall–Kier alpha value is -3.61. The van der Waals surface area contributed by atoms with Crippen molar-refractivity contribution >= 4 is 17.1 Å². The molecule has 7 heteroatoms. The summed E-state index contributed by atoms with van der Waals surface area (Å²) in [5.74, 6) is 0.546. The molecule has 0 fully saturated rings. The maximum Gasteiger partial charge on any atom is 0.329 e. The molecule has 4 aromatic rings. The molecule has 136 valence electrons. The van der Waals surface area contributed by atoms with Crippen LogP contribution in [0.4, 0.5) is 5.95 Å². The van der Waals surface area contributed by atoms with Gasteiger partial charge in [-0.3, -0.25) is 18.9 Å². The topological polar surface area (TPSA) is 84.7 Å². The zero-order chi connectivity index (χ0) is 18.8. The monoisotopic (exact) mass is 361 g/mol. The van der Waals surface area contributed by atoms with Crippen molar-refractivity contribution in [3.8, 4) is 0 Å². The van der Waals surface area contributed by atoms with E-state index in [1.165, 1.54) is 4.57 Å². The van der Waals surface area contributed by atoms with E-state index in [0.29, 0.717) is 30.2 Å². The normalized spacial score (nSPS) is 11.0. The lowest BCUT2D eigenvalue weighted by molar-refractivity contribution is 0.806. The summed E-state index contributed by atoms with van der Waals surface area (Å²) in [6, 6.07) is 19.8. The Morgan fingerprint density at radius 1 is 0.963 bits per heavy atom. The Morgan fingerprint density at radius 3 is 2.26 bits per heavy atom. The molecular weight excluding hydrogens is 342 g/mol. The van der Waals surface area contributed by atoms with Crippen LogP contribution in [0.15, 0.2) is 70.3 Å². The average Bonchev–Trinajstić information content (AvgIpc) is 3.05. The van der Waals surface area contributed by atoms with Gasteiger partial charge in [0, 0.05) is 13.6 Å². The van der Waals surface area contributed by atoms with Gasteiger partial charge in [-0.15, -0.1) is 0 Å². The molecule has 0 saturated heterocycles. The van der Waals surface area contributed by atoms with Crippen LogP contribution in [0.3, 0.4) is 0 Å². The van der Waals surface area contributed by atoms with E-state index in [9.17, 15) is 9.59 Å². The lowest BCUT2D eigenvalue weighted by Crippen LogP contribution is -2.29. The summed E-state index contributed by atoms with van der Waals surface area (Å²) in [5.41, 5.74) is 1.94. The second kappa shape index (κ2) is 6.95. The first-order valence-corrected chi connectivity index (χ1v) is 8.65. The molecule has 2 heterocycles. The number of nitrogens with one attached hydrogen (secondary N) is 2. The molecular formula is C20H19N5O2. The Bertz CT molecular complexity index is 1190. The summed E-state index contributed by atoms with van der Waals surface area (Å²) in [5, 5.41) is 3.30. The van der Waals surface area contributed by atoms with Gasteiger partial charge in [0.05, 0.1) is 6.54 Å². The van der Waals surface area contributed by atoms with Crippen LogP contribution in [0, 0.1) is 0 Å². The predicted octanol–water partition coefficient (Wildman–Crippen LogP) is 2.08. The van der Waals surface area contributed by atoms with Crippen LogP contribution in [0.2, 0.25) is 0 Å². The van der Waals surface area contributed by atoms with E-state index in [0.717, 1.165) is 11.1 Å². The fourth-order valence-electron chi connectivity index (χ4n) is 3.07. The number of hydrogen-bond donors (Lipinski definition) is 2. The molecule has 0 unspecified atom stereocenters. The van der Waals surface area contributed by atoms with Gasteiger partial charge >= 0.3 is 5.69 Å². The van der Waals surface area contributed by atoms with Crippen molar-refractivity contribution in [2.24, 2.45) is 7.05 Å². The molecule has 0 saturated carbocycles. The molecule has 2 aromatic carbocycles. The number of aromatic amines is 1. The molecule has 0 atom stereocenters. The molecule has 0 amide bonds. The molecule has 0 spiro atoms. The average molecular weight is 361 g/mol. The van der Waals surface area contributed by atoms with E-state index in [1.54, 1.807) is 7.05 Å². The van der Waals surface area contributed by atoms with Crippen molar-refractivity contribution in [3.63, 3.8) is 0 Å². The number of nitrogens with zero attached hydrogens (tertiary/aromatic N) is 3. The molecule has 4 rings (SSSR count). The van der Waals surface area contributed by atoms with Crippen molar-refractivity contribution < 1.29 is 0 Å². The fraction of sp³-hybridized carbons (Fsp3) is 0.150. The van der Waals surface area contributed by atoms with Gasteiger partial charge in [-0.1, -0.05) is 60.7 Å². The molecule has 2 N–H and O–H groups in total. The van der Waals surface area contributed by atoms with Crippen molar-refractivity contribution in [3.05, 3.63) is 92.6 Å². The van der Waals surface area contributed by atoms with Gasteiger partial charge in [-0.25, -0.2) is 4.79 Å². The van der Waals surface area contributed by atoms with Crippen LogP contribution >= 0.6 is 0 Å². The van der Waals surface area contributed by atoms with Gasteiger partial charge in [0.1, 0.15) is 0 Å². The van der Waals surface area contributed by atoms with Gasteiger partial charge in [0.2, 0.25) is 5.95 Å². The second-order valence-electron chi connectivity index (χ2n) is 6.34. The molecule has 2 aromatic heterocycles. The SMILES string of the molecule is Cn1c(=O)[nH]c(=O)c2c1nc(NCc1ccccc1)n2Cc1ccccc1. The number of aromatic nitrogens is 4. The van der Waals surface area contributed by atoms with Crippen LogP contribution in [-0.4, -0.2) is 19.1 Å². The van der Waals surface area contributed by atoms with Crippen LogP contribution in [0.5, 0.6) is 0 Å². The molecule has 27 heavy (non-hydrogen) atoms. The van der Waals surface area contributed by atoms with Gasteiger partial charge < -0.3 is 5.32 Å². The minimum Gasteiger partial charge on any atom is -0.351 e. The maximum absolute atomic E-state index is 12.5. The predicted molar refractivity (Wildman–Crippen MR) is 105 cm³/mol. The number of hydrogen-bond acceptors (Lipinski definition) is 4. The molecule has 7 nitrogen and oxygen atoms in total. The number of aryl methyl sites for hydroxylation is 1. The summed E-state index contributed by atoms with van der Waals surface area (Å²) < 4.78 is 3.16. The Morgan fingerprint density at radius 2 is 1.59 bits per heavy atom. The smallest absolute Gasteiger partial charge is 0.329 e. The molecule has 0 aliphatic heterocycles. The first-order valence-electron chi connectivity index (χ1n) is 8.65. The Balaban J connectivity index is 1.82. The van der Waals surface area contributed by atoms with Crippen LogP contribution < -0.4 is 16.6 Å². The fourth-order valence-corrected chi connectivity index (χ4v) is 3.07. The minimum absolute atomic E-state index is 0.357. The summed E-state index contributed by atoms with van der Waals surface area (Å²) in [6.45, 7) is 1.03. The van der Waals surface area contributed by atoms with Crippen LogP contribution in [0.1, 0.15) is 11.1 Å². The Kier molecular flexibility index (Phi) is 4.33. The number of anilines is 1. The zero-order valence-electron chi connectivity index (χ0n) is 14.8. The lowest BCUT2D eigenvalue weighted by atomic mass is 10.2. The summed E-state index contributed by atoms with van der Waals surface area (Å²) in [6.07, 6.45) is 0. The number of rotatable bonds is 5. The standard InChI is InChI=1S/C20H19N5O2/c1-24-17-16(18(26)23-20(24)27)25(13-15-10-6-3-7-11-15)19(22-17)21-12-14-8-4-2-5-9-14/h2-11H,12-13H2,1H3,(H,21,22)(H,23,26,27). The maximum atomic E-state index is 12.5. The number of imidazole rings is 1. The van der Waals surface area contributed by atoms with E-state index in [4.69, 9.17) is 0 Å². The van der Waals surface area contributed by atoms with Crippen molar-refractivity contribution in [1.29, 1.82) is 0 Å². The number of benzene rings is 2. The molecule has 0 aliphatic carbocycles. The molecule has 0 bridgehead atoms. The van der Waals surface area contributed by atoms with Crippen LogP contribution in [-0.2, 0) is 20.1 Å². The van der Waals surface area contributed by atoms with Crippen molar-refractivity contribution in [2.45, 2.75) is 13.1 Å². The quantitative estimate of drug-likeness (QED) is 0.570. The third kappa shape index (κ3) is 3.27. The minimum atomic E-state index is -0.480. The van der Waals surface area contributed by atoms with E-state index in [-0.39, 0.29) is 0 Å². The number of H-pyrrole nitrogens is 1. The Labute approximate surface area is 154 Å². The summed E-state index contributed by atoms with van der Waals surface area (Å²) in [7, 11) is 1.60. The second-order valence-corrected chi connectivity index (χ2v) is 6.34. The largest absolute Gasteiger partial charge is 0.351 e. The number of fused-ring (bicyclic) bond motifs is 1. The van der Waals surface area contributed by atoms with Crippen LogP contribution in [0.25, 0.3) is 11.2 Å². The highest BCUT2D eigenvalue weighted by Crippen LogP contribution is 2.18. The molecule has 0 radical (unpaired) electrons. The third-order valence-corrected chi connectivity index (χ3v) is 4.48. The van der Waals surface area contributed by atoms with E-state index in [1.807, 2.05) is 65.2 Å². The highest BCUT2D eigenvalue weighted by molar-refractivity contribution is 5.74. The third-order valence-electron chi connectivity index (χ3n) is 4.48. The van der Waals surface area contributed by atoms with Gasteiger partial charge in [-0.2, -0.15) is 4.98 Å². The van der Waals surface area contributed by atoms with Crippen molar-refractivity contribution in [2.75, 3.05) is 5.32 Å². The van der Waals surface area contributed by atoms with Crippen molar-refractivity contribution in [1.82, 2.24) is 19.1 Å². The van der Waals surface area contributed by atoms with Gasteiger partial charge in [-0.05, 0) is 11.1 Å². The highest BCUT2D eigenvalue weighted by Gasteiger charge is 2.17. The first-order chi connectivity index (χ1) is 13.1. The van der Waals surface area contributed by atoms with E-state index < -0.39 is 11.2 Å². The summed E-state index contributed by atoms with van der Waals surface area (Å²) in [4.78, 5) is 31.3. The summed E-state index contributed by atoms with van der Waals surface area (Å²) >= 11 is 0.